The normalized spacial score (nSPS) is 13.0. The molecule has 0 radical (unpaired) electrons. The number of rotatable bonds is 6. The fourth-order valence-corrected chi connectivity index (χ4v) is 9.91. The van der Waals surface area contributed by atoms with Gasteiger partial charge in [0, 0.05) is 55.1 Å². The van der Waals surface area contributed by atoms with Gasteiger partial charge in [-0.2, -0.15) is 0 Å². The first-order chi connectivity index (χ1) is 29.5. The van der Waals surface area contributed by atoms with Crippen LogP contribution in [0.15, 0.2) is 211 Å². The number of benzene rings is 9. The van der Waals surface area contributed by atoms with Crippen molar-refractivity contribution in [1.29, 1.82) is 0 Å². The van der Waals surface area contributed by atoms with E-state index in [1.165, 1.54) is 60.9 Å². The van der Waals surface area contributed by atoms with Crippen LogP contribution in [0.4, 0.5) is 17.1 Å². The molecule has 0 saturated carbocycles. The van der Waals surface area contributed by atoms with Gasteiger partial charge in [-0.3, -0.25) is 0 Å². The molecule has 2 aromatic heterocycles. The van der Waals surface area contributed by atoms with E-state index in [9.17, 15) is 0 Å². The van der Waals surface area contributed by atoms with Crippen molar-refractivity contribution in [2.45, 2.75) is 19.3 Å². The van der Waals surface area contributed by atoms with Gasteiger partial charge in [-0.05, 0) is 88.0 Å². The first kappa shape index (κ1) is 34.4. The third-order valence-electron chi connectivity index (χ3n) is 12.8. The first-order valence-corrected chi connectivity index (χ1v) is 20.8. The molecule has 3 nitrogen and oxygen atoms in total. The van der Waals surface area contributed by atoms with Gasteiger partial charge >= 0.3 is 0 Å². The molecule has 60 heavy (non-hydrogen) atoms. The van der Waals surface area contributed by atoms with Crippen molar-refractivity contribution in [2.24, 2.45) is 0 Å². The predicted octanol–water partition coefficient (Wildman–Crippen LogP) is 15.8. The summed E-state index contributed by atoms with van der Waals surface area (Å²) in [6.07, 6.45) is 0. The zero-order valence-electron chi connectivity index (χ0n) is 33.4. The first-order valence-electron chi connectivity index (χ1n) is 20.8. The van der Waals surface area contributed by atoms with E-state index in [0.717, 1.165) is 50.1 Å². The molecule has 3 heteroatoms. The van der Waals surface area contributed by atoms with Gasteiger partial charge in [0.25, 0.3) is 0 Å². The van der Waals surface area contributed by atoms with Crippen LogP contribution in [0.2, 0.25) is 0 Å². The highest BCUT2D eigenvalue weighted by molar-refractivity contribution is 6.11. The highest BCUT2D eigenvalue weighted by Crippen LogP contribution is 2.54. The highest BCUT2D eigenvalue weighted by Gasteiger charge is 2.38. The third kappa shape index (κ3) is 5.15. The number of hydrogen-bond donors (Lipinski definition) is 0. The van der Waals surface area contributed by atoms with E-state index in [4.69, 9.17) is 4.42 Å². The molecular formula is C57H40N2O. The fourth-order valence-electron chi connectivity index (χ4n) is 9.91. The molecule has 9 aromatic carbocycles. The van der Waals surface area contributed by atoms with Crippen molar-refractivity contribution >= 4 is 60.8 Å². The van der Waals surface area contributed by atoms with E-state index in [1.54, 1.807) is 0 Å². The summed E-state index contributed by atoms with van der Waals surface area (Å²) in [7, 11) is 0. The quantitative estimate of drug-likeness (QED) is 0.168. The van der Waals surface area contributed by atoms with E-state index in [0.29, 0.717) is 0 Å². The fraction of sp³-hybridized carbons (Fsp3) is 0.0526. The van der Waals surface area contributed by atoms with Crippen LogP contribution in [0.25, 0.3) is 82.8 Å². The number of aromatic nitrogens is 1. The summed E-state index contributed by atoms with van der Waals surface area (Å²) in [5.74, 6) is 0. The van der Waals surface area contributed by atoms with Gasteiger partial charge < -0.3 is 13.9 Å². The van der Waals surface area contributed by atoms with Gasteiger partial charge in [0.2, 0.25) is 0 Å². The number of para-hydroxylation sites is 4. The van der Waals surface area contributed by atoms with Crippen LogP contribution in [0.1, 0.15) is 25.0 Å². The van der Waals surface area contributed by atoms with Crippen LogP contribution >= 0.6 is 0 Å². The number of nitrogens with zero attached hydrogens (tertiary/aromatic N) is 2. The van der Waals surface area contributed by atoms with Crippen LogP contribution in [0.3, 0.4) is 0 Å². The lowest BCUT2D eigenvalue weighted by Crippen LogP contribution is -2.17. The van der Waals surface area contributed by atoms with E-state index < -0.39 is 0 Å². The molecule has 0 atom stereocenters. The minimum absolute atomic E-state index is 0.229. The zero-order valence-corrected chi connectivity index (χ0v) is 33.4. The second-order valence-corrected chi connectivity index (χ2v) is 16.5. The molecule has 0 saturated heterocycles. The minimum Gasteiger partial charge on any atom is -0.455 e. The zero-order chi connectivity index (χ0) is 40.0. The van der Waals surface area contributed by atoms with E-state index in [-0.39, 0.29) is 5.41 Å². The molecular weight excluding hydrogens is 729 g/mol. The van der Waals surface area contributed by atoms with Gasteiger partial charge in [-0.15, -0.1) is 0 Å². The molecule has 0 bridgehead atoms. The summed E-state index contributed by atoms with van der Waals surface area (Å²) in [6, 6.07) is 74.9. The average Bonchev–Trinajstić information content (AvgIpc) is 3.93. The van der Waals surface area contributed by atoms with Crippen LogP contribution in [-0.2, 0) is 5.41 Å². The Morgan fingerprint density at radius 2 is 0.967 bits per heavy atom. The van der Waals surface area contributed by atoms with E-state index in [1.807, 2.05) is 12.1 Å². The molecule has 0 unspecified atom stereocenters. The molecule has 0 aliphatic heterocycles. The number of anilines is 3. The summed E-state index contributed by atoms with van der Waals surface area (Å²) in [5.41, 5.74) is 18.3. The molecule has 1 aliphatic carbocycles. The lowest BCUT2D eigenvalue weighted by Gasteiger charge is -2.30. The van der Waals surface area contributed by atoms with E-state index in [2.05, 4.69) is 217 Å². The molecule has 0 amide bonds. The van der Waals surface area contributed by atoms with Crippen LogP contribution in [0.5, 0.6) is 0 Å². The second kappa shape index (κ2) is 13.2. The Labute approximate surface area is 349 Å². The molecule has 2 heterocycles. The van der Waals surface area contributed by atoms with Crippen molar-refractivity contribution in [1.82, 2.24) is 4.57 Å². The van der Waals surface area contributed by atoms with Crippen LogP contribution in [-0.4, -0.2) is 4.57 Å². The van der Waals surface area contributed by atoms with Crippen molar-refractivity contribution in [3.8, 4) is 39.1 Å². The Bertz CT molecular complexity index is 3390. The van der Waals surface area contributed by atoms with Gasteiger partial charge in [-0.25, -0.2) is 0 Å². The Morgan fingerprint density at radius 1 is 0.417 bits per heavy atom. The van der Waals surface area contributed by atoms with Gasteiger partial charge in [-0.1, -0.05) is 166 Å². The molecule has 284 valence electrons. The maximum Gasteiger partial charge on any atom is 0.143 e. The Morgan fingerprint density at radius 3 is 1.68 bits per heavy atom. The molecule has 0 N–H and O–H groups in total. The monoisotopic (exact) mass is 768 g/mol. The third-order valence-corrected chi connectivity index (χ3v) is 12.8. The Hall–Kier alpha value is -7.62. The number of fused-ring (bicyclic) bond motifs is 9. The molecule has 1 aliphatic rings. The van der Waals surface area contributed by atoms with E-state index >= 15 is 0 Å². The molecule has 0 spiro atoms. The summed E-state index contributed by atoms with van der Waals surface area (Å²) < 4.78 is 8.99. The lowest BCUT2D eigenvalue weighted by atomic mass is 9.82. The molecule has 12 rings (SSSR count). The topological polar surface area (TPSA) is 21.3 Å². The minimum atomic E-state index is -0.229. The standard InChI is InChI=1S/C57H40N2O/c1-57(2)49-23-10-6-20-48(49)55-50(57)35-42(36-53(55)59-51-24-11-7-17-44(51)45-18-8-12-25-52(45)59)58(40-31-27-38(28-32-40)37-15-4-3-5-16-37)41-33-29-39(30-34-41)43-21-14-22-47-46-19-9-13-26-54(46)60-56(43)47/h3-36H,1-2H3. The maximum absolute atomic E-state index is 6.49. The summed E-state index contributed by atoms with van der Waals surface area (Å²) >= 11 is 0. The lowest BCUT2D eigenvalue weighted by molar-refractivity contribution is 0.660. The Balaban J connectivity index is 1.10. The average molecular weight is 769 g/mol. The largest absolute Gasteiger partial charge is 0.455 e. The van der Waals surface area contributed by atoms with Crippen molar-refractivity contribution in [3.05, 3.63) is 217 Å². The highest BCUT2D eigenvalue weighted by atomic mass is 16.3. The summed E-state index contributed by atoms with van der Waals surface area (Å²) in [5, 5.41) is 4.77. The number of furan rings is 1. The summed E-state index contributed by atoms with van der Waals surface area (Å²) in [4.78, 5) is 2.43. The van der Waals surface area contributed by atoms with Crippen molar-refractivity contribution in [3.63, 3.8) is 0 Å². The van der Waals surface area contributed by atoms with Crippen molar-refractivity contribution in [2.75, 3.05) is 4.90 Å². The van der Waals surface area contributed by atoms with Crippen LogP contribution < -0.4 is 4.90 Å². The smallest absolute Gasteiger partial charge is 0.143 e. The summed E-state index contributed by atoms with van der Waals surface area (Å²) in [6.45, 7) is 4.76. The van der Waals surface area contributed by atoms with Crippen LogP contribution in [0, 0.1) is 0 Å². The van der Waals surface area contributed by atoms with Gasteiger partial charge in [0.15, 0.2) is 0 Å². The van der Waals surface area contributed by atoms with Gasteiger partial charge in [0.05, 0.1) is 16.7 Å². The predicted molar refractivity (Wildman–Crippen MR) is 251 cm³/mol. The Kier molecular flexibility index (Phi) is 7.58. The molecule has 0 fully saturated rings. The number of hydrogen-bond acceptors (Lipinski definition) is 2. The molecule has 11 aromatic rings. The second-order valence-electron chi connectivity index (χ2n) is 16.5. The SMILES string of the molecule is CC1(C)c2ccccc2-c2c(-n3c4ccccc4c4ccccc43)cc(N(c3ccc(-c4ccccc4)cc3)c3ccc(-c4cccc5c4oc4ccccc45)cc3)cc21. The van der Waals surface area contributed by atoms with Crippen molar-refractivity contribution < 1.29 is 4.42 Å². The van der Waals surface area contributed by atoms with Gasteiger partial charge in [0.1, 0.15) is 11.2 Å². The maximum atomic E-state index is 6.49.